The fourth-order valence-electron chi connectivity index (χ4n) is 2.12. The molecular weight excluding hydrogens is 324 g/mol. The predicted molar refractivity (Wildman–Crippen MR) is 96.4 cm³/mol. The number of urea groups is 1. The summed E-state index contributed by atoms with van der Waals surface area (Å²) < 4.78 is 5.09. The molecule has 2 aromatic carbocycles. The maximum Gasteiger partial charge on any atom is 0.315 e. The van der Waals surface area contributed by atoms with Gasteiger partial charge in [0.2, 0.25) is 0 Å². The Morgan fingerprint density at radius 1 is 1.12 bits per heavy atom. The van der Waals surface area contributed by atoms with Crippen LogP contribution in [-0.2, 0) is 6.54 Å². The largest absolute Gasteiger partial charge is 0.497 e. The number of amides is 2. The van der Waals surface area contributed by atoms with E-state index in [9.17, 15) is 9.90 Å². The molecule has 0 aromatic heterocycles. The van der Waals surface area contributed by atoms with Crippen molar-refractivity contribution in [2.24, 2.45) is 0 Å². The minimum Gasteiger partial charge on any atom is -0.497 e. The highest BCUT2D eigenvalue weighted by molar-refractivity contribution is 7.98. The highest BCUT2D eigenvalue weighted by Gasteiger charge is 2.09. The van der Waals surface area contributed by atoms with E-state index in [0.717, 1.165) is 21.8 Å². The monoisotopic (exact) mass is 346 g/mol. The first-order chi connectivity index (χ1) is 11.6. The lowest BCUT2D eigenvalue weighted by Gasteiger charge is -2.13. The summed E-state index contributed by atoms with van der Waals surface area (Å²) in [4.78, 5) is 12.9. The molecule has 0 aliphatic heterocycles. The van der Waals surface area contributed by atoms with Crippen molar-refractivity contribution in [3.63, 3.8) is 0 Å². The van der Waals surface area contributed by atoms with Gasteiger partial charge in [-0.15, -0.1) is 11.8 Å². The van der Waals surface area contributed by atoms with Crippen molar-refractivity contribution in [1.29, 1.82) is 0 Å². The second-order valence-electron chi connectivity index (χ2n) is 5.20. The average Bonchev–Trinajstić information content (AvgIpc) is 2.64. The molecule has 0 spiro atoms. The number of carbonyl (C=O) groups is 1. The SMILES string of the molecule is COc1ccc(CNC(=O)NC[C@H](O)c2ccc(SC)cc2)cc1. The van der Waals surface area contributed by atoms with Crippen molar-refractivity contribution >= 4 is 17.8 Å². The molecule has 0 heterocycles. The van der Waals surface area contributed by atoms with Gasteiger partial charge in [0.05, 0.1) is 13.2 Å². The van der Waals surface area contributed by atoms with E-state index in [1.54, 1.807) is 18.9 Å². The van der Waals surface area contributed by atoms with Crippen molar-refractivity contribution in [2.45, 2.75) is 17.5 Å². The lowest BCUT2D eigenvalue weighted by Crippen LogP contribution is -2.37. The summed E-state index contributed by atoms with van der Waals surface area (Å²) >= 11 is 1.64. The fraction of sp³-hybridized carbons (Fsp3) is 0.278. The summed E-state index contributed by atoms with van der Waals surface area (Å²) in [6.07, 6.45) is 1.27. The Bertz CT molecular complexity index is 644. The molecule has 0 fully saturated rings. The Labute approximate surface area is 146 Å². The Balaban J connectivity index is 1.75. The summed E-state index contributed by atoms with van der Waals surface area (Å²) in [7, 11) is 1.61. The number of hydrogen-bond donors (Lipinski definition) is 3. The third kappa shape index (κ3) is 5.47. The van der Waals surface area contributed by atoms with Crippen LogP contribution in [0.15, 0.2) is 53.4 Å². The second kappa shape index (κ2) is 9.20. The van der Waals surface area contributed by atoms with Crippen molar-refractivity contribution in [1.82, 2.24) is 10.6 Å². The minimum absolute atomic E-state index is 0.160. The number of ether oxygens (including phenoxy) is 1. The first-order valence-electron chi connectivity index (χ1n) is 7.59. The van der Waals surface area contributed by atoms with Gasteiger partial charge >= 0.3 is 6.03 Å². The Morgan fingerprint density at radius 2 is 1.79 bits per heavy atom. The van der Waals surface area contributed by atoms with E-state index in [-0.39, 0.29) is 12.6 Å². The number of nitrogens with one attached hydrogen (secondary N) is 2. The summed E-state index contributed by atoms with van der Waals surface area (Å²) in [5, 5.41) is 15.5. The molecule has 128 valence electrons. The number of thioether (sulfide) groups is 1. The van der Waals surface area contributed by atoms with Crippen LogP contribution in [-0.4, -0.2) is 31.0 Å². The summed E-state index contributed by atoms with van der Waals surface area (Å²) in [6, 6.07) is 14.8. The molecule has 3 N–H and O–H groups in total. The second-order valence-corrected chi connectivity index (χ2v) is 6.08. The van der Waals surface area contributed by atoms with Crippen LogP contribution in [0.2, 0.25) is 0 Å². The van der Waals surface area contributed by atoms with Crippen LogP contribution in [0.5, 0.6) is 5.75 Å². The number of aliphatic hydroxyl groups is 1. The quantitative estimate of drug-likeness (QED) is 0.674. The number of methoxy groups -OCH3 is 1. The molecule has 6 heteroatoms. The van der Waals surface area contributed by atoms with Gasteiger partial charge in [-0.2, -0.15) is 0 Å². The van der Waals surface area contributed by atoms with E-state index < -0.39 is 6.10 Å². The van der Waals surface area contributed by atoms with Crippen molar-refractivity contribution in [3.8, 4) is 5.75 Å². The van der Waals surface area contributed by atoms with Gasteiger partial charge in [-0.3, -0.25) is 0 Å². The van der Waals surface area contributed by atoms with Gasteiger partial charge in [0.1, 0.15) is 5.75 Å². The lowest BCUT2D eigenvalue weighted by molar-refractivity contribution is 0.173. The summed E-state index contributed by atoms with van der Waals surface area (Å²) in [5.41, 5.74) is 1.75. The number of benzene rings is 2. The molecule has 24 heavy (non-hydrogen) atoms. The normalized spacial score (nSPS) is 11.6. The van der Waals surface area contributed by atoms with Gasteiger partial charge in [-0.1, -0.05) is 24.3 Å². The third-order valence-corrected chi connectivity index (χ3v) is 4.31. The third-order valence-electron chi connectivity index (χ3n) is 3.57. The van der Waals surface area contributed by atoms with E-state index in [4.69, 9.17) is 4.74 Å². The fourth-order valence-corrected chi connectivity index (χ4v) is 2.53. The lowest BCUT2D eigenvalue weighted by atomic mass is 10.1. The molecule has 1 atom stereocenters. The van der Waals surface area contributed by atoms with Crippen LogP contribution in [0, 0.1) is 0 Å². The van der Waals surface area contributed by atoms with Crippen molar-refractivity contribution in [3.05, 3.63) is 59.7 Å². The average molecular weight is 346 g/mol. The number of aliphatic hydroxyl groups excluding tert-OH is 1. The van der Waals surface area contributed by atoms with Crippen molar-refractivity contribution < 1.29 is 14.6 Å². The molecule has 0 saturated carbocycles. The molecular formula is C18H22N2O3S. The molecule has 2 rings (SSSR count). The van der Waals surface area contributed by atoms with Crippen molar-refractivity contribution in [2.75, 3.05) is 19.9 Å². The van der Waals surface area contributed by atoms with Gasteiger partial charge in [0, 0.05) is 18.0 Å². The Morgan fingerprint density at radius 3 is 2.38 bits per heavy atom. The van der Waals surface area contributed by atoms with Crippen LogP contribution in [0.25, 0.3) is 0 Å². The van der Waals surface area contributed by atoms with Gasteiger partial charge < -0.3 is 20.5 Å². The highest BCUT2D eigenvalue weighted by Crippen LogP contribution is 2.18. The maximum atomic E-state index is 11.8. The zero-order valence-corrected chi connectivity index (χ0v) is 14.6. The molecule has 0 unspecified atom stereocenters. The standard InChI is InChI=1S/C18H22N2O3S/c1-23-15-7-3-13(4-8-15)11-19-18(22)20-12-17(21)14-5-9-16(24-2)10-6-14/h3-10,17,21H,11-12H2,1-2H3,(H2,19,20,22)/t17-/m0/s1. The van der Waals surface area contributed by atoms with E-state index >= 15 is 0 Å². The van der Waals surface area contributed by atoms with E-state index in [1.807, 2.05) is 54.8 Å². The van der Waals surface area contributed by atoms with Crippen LogP contribution in [0.1, 0.15) is 17.2 Å². The Kier molecular flexibility index (Phi) is 6.96. The van der Waals surface area contributed by atoms with Crippen LogP contribution in [0.4, 0.5) is 4.79 Å². The van der Waals surface area contributed by atoms with Crippen LogP contribution < -0.4 is 15.4 Å². The minimum atomic E-state index is -0.729. The number of carbonyl (C=O) groups excluding carboxylic acids is 1. The molecule has 2 amide bonds. The first kappa shape index (κ1) is 18.2. The summed E-state index contributed by atoms with van der Waals surface area (Å²) in [5.74, 6) is 0.777. The molecule has 0 aliphatic rings. The van der Waals surface area contributed by atoms with E-state index in [0.29, 0.717) is 6.54 Å². The molecule has 0 aliphatic carbocycles. The van der Waals surface area contributed by atoms with Crippen LogP contribution in [0.3, 0.4) is 0 Å². The zero-order chi connectivity index (χ0) is 17.4. The van der Waals surface area contributed by atoms with Crippen LogP contribution >= 0.6 is 11.8 Å². The smallest absolute Gasteiger partial charge is 0.315 e. The first-order valence-corrected chi connectivity index (χ1v) is 8.81. The van der Waals surface area contributed by atoms with Gasteiger partial charge in [-0.25, -0.2) is 4.79 Å². The van der Waals surface area contributed by atoms with Gasteiger partial charge in [0.25, 0.3) is 0 Å². The Hall–Kier alpha value is -2.18. The molecule has 2 aromatic rings. The van der Waals surface area contributed by atoms with E-state index in [2.05, 4.69) is 10.6 Å². The number of rotatable bonds is 7. The van der Waals surface area contributed by atoms with Gasteiger partial charge in [-0.05, 0) is 41.6 Å². The predicted octanol–water partition coefficient (Wildman–Crippen LogP) is 2.95. The topological polar surface area (TPSA) is 70.6 Å². The summed E-state index contributed by atoms with van der Waals surface area (Å²) in [6.45, 7) is 0.571. The van der Waals surface area contributed by atoms with Gasteiger partial charge in [0.15, 0.2) is 0 Å². The molecule has 0 saturated heterocycles. The molecule has 0 radical (unpaired) electrons. The molecule has 5 nitrogen and oxygen atoms in total. The molecule has 0 bridgehead atoms. The maximum absolute atomic E-state index is 11.8. The highest BCUT2D eigenvalue weighted by atomic mass is 32.2. The number of hydrogen-bond acceptors (Lipinski definition) is 4. The zero-order valence-electron chi connectivity index (χ0n) is 13.8. The van der Waals surface area contributed by atoms with E-state index in [1.165, 1.54) is 0 Å².